The maximum absolute atomic E-state index is 5.99. The van der Waals surface area contributed by atoms with Crippen molar-refractivity contribution in [3.63, 3.8) is 0 Å². The standard InChI is InChI=1S/C18H22N4O2/c1-12-8-14(9-13(2)21-12)11-20-18(19)22-15-4-5-16-17(10-15)24-7-3-6-23-16/h4-5,8-10H,3,6-7,11H2,1-2H3,(H3,19,20,22). The minimum absolute atomic E-state index is 0.358. The van der Waals surface area contributed by atoms with Gasteiger partial charge in [0.05, 0.1) is 19.8 Å². The molecule has 1 aliphatic heterocycles. The van der Waals surface area contributed by atoms with Gasteiger partial charge in [0.1, 0.15) is 0 Å². The number of ether oxygens (including phenoxy) is 2. The Morgan fingerprint density at radius 3 is 2.58 bits per heavy atom. The summed E-state index contributed by atoms with van der Waals surface area (Å²) < 4.78 is 11.3. The van der Waals surface area contributed by atoms with Crippen LogP contribution in [-0.2, 0) is 6.54 Å². The van der Waals surface area contributed by atoms with E-state index in [1.807, 2.05) is 44.2 Å². The second-order valence-corrected chi connectivity index (χ2v) is 5.80. The molecule has 2 heterocycles. The fourth-order valence-corrected chi connectivity index (χ4v) is 2.62. The zero-order valence-electron chi connectivity index (χ0n) is 14.0. The Kier molecular flexibility index (Phi) is 4.84. The molecule has 0 saturated carbocycles. The van der Waals surface area contributed by atoms with Crippen molar-refractivity contribution in [1.82, 2.24) is 4.98 Å². The maximum Gasteiger partial charge on any atom is 0.193 e. The average Bonchev–Trinajstić information content (AvgIpc) is 2.77. The first kappa shape index (κ1) is 16.1. The summed E-state index contributed by atoms with van der Waals surface area (Å²) in [6.45, 7) is 5.78. The lowest BCUT2D eigenvalue weighted by atomic mass is 10.2. The summed E-state index contributed by atoms with van der Waals surface area (Å²) in [5.74, 6) is 1.85. The number of guanidine groups is 1. The number of hydrogen-bond acceptors (Lipinski definition) is 4. The molecule has 1 aromatic carbocycles. The first-order chi connectivity index (χ1) is 11.6. The molecule has 0 bridgehead atoms. The summed E-state index contributed by atoms with van der Waals surface area (Å²) >= 11 is 0. The molecular weight excluding hydrogens is 304 g/mol. The van der Waals surface area contributed by atoms with Gasteiger partial charge in [0.15, 0.2) is 17.5 Å². The highest BCUT2D eigenvalue weighted by Crippen LogP contribution is 2.32. The van der Waals surface area contributed by atoms with Gasteiger partial charge in [-0.3, -0.25) is 4.98 Å². The second-order valence-electron chi connectivity index (χ2n) is 5.80. The number of aryl methyl sites for hydroxylation is 2. The van der Waals surface area contributed by atoms with E-state index in [0.717, 1.165) is 40.6 Å². The zero-order chi connectivity index (χ0) is 16.9. The highest BCUT2D eigenvalue weighted by atomic mass is 16.5. The molecule has 3 rings (SSSR count). The van der Waals surface area contributed by atoms with E-state index in [2.05, 4.69) is 15.3 Å². The number of rotatable bonds is 3. The van der Waals surface area contributed by atoms with Crippen LogP contribution in [0.2, 0.25) is 0 Å². The molecule has 6 heteroatoms. The van der Waals surface area contributed by atoms with E-state index in [0.29, 0.717) is 25.7 Å². The van der Waals surface area contributed by atoms with Crippen molar-refractivity contribution in [3.05, 3.63) is 47.3 Å². The molecule has 2 aromatic rings. The van der Waals surface area contributed by atoms with Crippen molar-refractivity contribution >= 4 is 11.6 Å². The Morgan fingerprint density at radius 2 is 1.83 bits per heavy atom. The second kappa shape index (κ2) is 7.21. The van der Waals surface area contributed by atoms with Gasteiger partial charge in [0.2, 0.25) is 0 Å². The summed E-state index contributed by atoms with van der Waals surface area (Å²) in [7, 11) is 0. The van der Waals surface area contributed by atoms with Crippen molar-refractivity contribution in [2.24, 2.45) is 10.7 Å². The molecule has 6 nitrogen and oxygen atoms in total. The Labute approximate surface area is 141 Å². The van der Waals surface area contributed by atoms with Crippen LogP contribution in [0.5, 0.6) is 11.5 Å². The summed E-state index contributed by atoms with van der Waals surface area (Å²) in [4.78, 5) is 8.74. The Bertz CT molecular complexity index is 738. The number of fused-ring (bicyclic) bond motifs is 1. The lowest BCUT2D eigenvalue weighted by Crippen LogP contribution is -2.22. The van der Waals surface area contributed by atoms with Gasteiger partial charge >= 0.3 is 0 Å². The van der Waals surface area contributed by atoms with Crippen LogP contribution in [0.1, 0.15) is 23.4 Å². The van der Waals surface area contributed by atoms with Crippen LogP contribution < -0.4 is 20.5 Å². The fourth-order valence-electron chi connectivity index (χ4n) is 2.62. The summed E-state index contributed by atoms with van der Waals surface area (Å²) in [5.41, 5.74) is 9.86. The molecule has 0 unspecified atom stereocenters. The van der Waals surface area contributed by atoms with Gasteiger partial charge in [-0.15, -0.1) is 0 Å². The van der Waals surface area contributed by atoms with Crippen molar-refractivity contribution in [3.8, 4) is 11.5 Å². The number of nitrogens with one attached hydrogen (secondary N) is 1. The number of benzene rings is 1. The van der Waals surface area contributed by atoms with Gasteiger partial charge in [-0.25, -0.2) is 4.99 Å². The van der Waals surface area contributed by atoms with Gasteiger partial charge in [0.25, 0.3) is 0 Å². The molecular formula is C18H22N4O2. The highest BCUT2D eigenvalue weighted by molar-refractivity contribution is 5.92. The van der Waals surface area contributed by atoms with Crippen LogP contribution in [0.15, 0.2) is 35.3 Å². The van der Waals surface area contributed by atoms with Crippen molar-refractivity contribution in [2.75, 3.05) is 18.5 Å². The molecule has 0 spiro atoms. The molecule has 1 aliphatic rings. The van der Waals surface area contributed by atoms with Crippen LogP contribution in [0.25, 0.3) is 0 Å². The normalized spacial score (nSPS) is 14.2. The van der Waals surface area contributed by atoms with Crippen LogP contribution in [0.4, 0.5) is 5.69 Å². The summed E-state index contributed by atoms with van der Waals surface area (Å²) in [5, 5.41) is 3.09. The lowest BCUT2D eigenvalue weighted by molar-refractivity contribution is 0.297. The molecule has 0 radical (unpaired) electrons. The topological polar surface area (TPSA) is 81.8 Å². The predicted octanol–water partition coefficient (Wildman–Crippen LogP) is 2.79. The third kappa shape index (κ3) is 4.16. The van der Waals surface area contributed by atoms with Crippen LogP contribution in [0, 0.1) is 13.8 Å². The Balaban J connectivity index is 1.67. The van der Waals surface area contributed by atoms with E-state index in [4.69, 9.17) is 15.2 Å². The quantitative estimate of drug-likeness (QED) is 0.669. The number of aliphatic imine (C=N–C) groups is 1. The van der Waals surface area contributed by atoms with Gasteiger partial charge < -0.3 is 20.5 Å². The Morgan fingerprint density at radius 1 is 1.12 bits per heavy atom. The van der Waals surface area contributed by atoms with E-state index >= 15 is 0 Å². The molecule has 0 aliphatic carbocycles. The number of hydrogen-bond donors (Lipinski definition) is 2. The minimum atomic E-state index is 0.358. The molecule has 0 fully saturated rings. The smallest absolute Gasteiger partial charge is 0.193 e. The van der Waals surface area contributed by atoms with Gasteiger partial charge in [-0.05, 0) is 43.7 Å². The van der Waals surface area contributed by atoms with Gasteiger partial charge in [-0.2, -0.15) is 0 Å². The van der Waals surface area contributed by atoms with Crippen LogP contribution >= 0.6 is 0 Å². The third-order valence-electron chi connectivity index (χ3n) is 3.59. The van der Waals surface area contributed by atoms with E-state index in [-0.39, 0.29) is 0 Å². The first-order valence-electron chi connectivity index (χ1n) is 8.01. The van der Waals surface area contributed by atoms with Crippen LogP contribution in [0.3, 0.4) is 0 Å². The van der Waals surface area contributed by atoms with Crippen molar-refractivity contribution in [1.29, 1.82) is 0 Å². The van der Waals surface area contributed by atoms with Gasteiger partial charge in [0, 0.05) is 29.6 Å². The van der Waals surface area contributed by atoms with Crippen LogP contribution in [-0.4, -0.2) is 24.2 Å². The van der Waals surface area contributed by atoms with E-state index in [1.54, 1.807) is 0 Å². The summed E-state index contributed by atoms with van der Waals surface area (Å²) in [6.07, 6.45) is 0.881. The fraction of sp³-hybridized carbons (Fsp3) is 0.333. The number of pyridine rings is 1. The highest BCUT2D eigenvalue weighted by Gasteiger charge is 2.10. The van der Waals surface area contributed by atoms with E-state index in [1.165, 1.54) is 0 Å². The maximum atomic E-state index is 5.99. The number of aromatic nitrogens is 1. The van der Waals surface area contributed by atoms with Gasteiger partial charge in [-0.1, -0.05) is 0 Å². The monoisotopic (exact) mass is 326 g/mol. The van der Waals surface area contributed by atoms with E-state index < -0.39 is 0 Å². The number of nitrogens with two attached hydrogens (primary N) is 1. The molecule has 0 atom stereocenters. The van der Waals surface area contributed by atoms with Crippen molar-refractivity contribution in [2.45, 2.75) is 26.8 Å². The van der Waals surface area contributed by atoms with Crippen molar-refractivity contribution < 1.29 is 9.47 Å². The third-order valence-corrected chi connectivity index (χ3v) is 3.59. The minimum Gasteiger partial charge on any atom is -0.490 e. The molecule has 126 valence electrons. The largest absolute Gasteiger partial charge is 0.490 e. The number of anilines is 1. The first-order valence-corrected chi connectivity index (χ1v) is 8.01. The molecule has 1 aromatic heterocycles. The average molecular weight is 326 g/mol. The van der Waals surface area contributed by atoms with E-state index in [9.17, 15) is 0 Å². The SMILES string of the molecule is Cc1cc(CN=C(N)Nc2ccc3c(c2)OCCCO3)cc(C)n1. The lowest BCUT2D eigenvalue weighted by Gasteiger charge is -2.11. The molecule has 0 saturated heterocycles. The molecule has 0 amide bonds. The zero-order valence-corrected chi connectivity index (χ0v) is 14.0. The Hall–Kier alpha value is -2.76. The summed E-state index contributed by atoms with van der Waals surface area (Å²) in [6, 6.07) is 9.68. The molecule has 24 heavy (non-hydrogen) atoms. The predicted molar refractivity (Wildman–Crippen MR) is 94.7 cm³/mol. The number of nitrogens with zero attached hydrogens (tertiary/aromatic N) is 2. The molecule has 3 N–H and O–H groups in total.